The number of carbonyl (C=O) groups is 2. The molecule has 2 aromatic carbocycles. The van der Waals surface area contributed by atoms with Crippen molar-refractivity contribution in [2.75, 3.05) is 17.2 Å². The van der Waals surface area contributed by atoms with Gasteiger partial charge >= 0.3 is 12.1 Å². The summed E-state index contributed by atoms with van der Waals surface area (Å²) >= 11 is 5.72. The van der Waals surface area contributed by atoms with Gasteiger partial charge in [0.05, 0.1) is 10.5 Å². The second kappa shape index (κ2) is 10.2. The number of halogens is 4. The third kappa shape index (κ3) is 6.19. The number of anilines is 3. The molecule has 0 aliphatic carbocycles. The van der Waals surface area contributed by atoms with Gasteiger partial charge in [0.1, 0.15) is 17.1 Å². The number of nitrogens with zero attached hydrogens (tertiary/aromatic N) is 2. The van der Waals surface area contributed by atoms with Gasteiger partial charge in [0.2, 0.25) is 0 Å². The smallest absolute Gasteiger partial charge is 0.416 e. The van der Waals surface area contributed by atoms with Gasteiger partial charge in [-0.1, -0.05) is 17.7 Å². The average Bonchev–Trinajstić information content (AvgIpc) is 2.78. The number of ether oxygens (including phenoxy) is 1. The molecular weight excluding hydrogens is 481 g/mol. The Labute approximate surface area is 194 Å². The standard InChI is InChI=1S/C21H14ClF3N4O5/c22-13-6-7-16(17(10-13)29(32)33)28-18(30)11-34-20(31)15-5-2-8-26-19(15)27-14-4-1-3-12(9-14)21(23,24)25/h1-10H,11H2,(H,26,27)(H,28,30). The van der Waals surface area contributed by atoms with Crippen molar-refractivity contribution in [1.29, 1.82) is 0 Å². The number of esters is 1. The number of aromatic nitrogens is 1. The van der Waals surface area contributed by atoms with Crippen molar-refractivity contribution < 1.29 is 32.4 Å². The molecule has 0 saturated heterocycles. The molecule has 0 aliphatic heterocycles. The summed E-state index contributed by atoms with van der Waals surface area (Å²) in [4.78, 5) is 38.9. The number of amides is 1. The lowest BCUT2D eigenvalue weighted by atomic mass is 10.2. The number of alkyl halides is 3. The predicted molar refractivity (Wildman–Crippen MR) is 116 cm³/mol. The van der Waals surface area contributed by atoms with Crippen molar-refractivity contribution in [3.8, 4) is 0 Å². The molecule has 0 spiro atoms. The summed E-state index contributed by atoms with van der Waals surface area (Å²) in [7, 11) is 0. The minimum absolute atomic E-state index is 0.0235. The Hall–Kier alpha value is -4.19. The molecule has 0 bridgehead atoms. The van der Waals surface area contributed by atoms with Gasteiger partial charge in [-0.3, -0.25) is 14.9 Å². The molecule has 3 rings (SSSR count). The number of rotatable bonds is 7. The average molecular weight is 495 g/mol. The van der Waals surface area contributed by atoms with E-state index in [4.69, 9.17) is 16.3 Å². The topological polar surface area (TPSA) is 123 Å². The molecule has 176 valence electrons. The highest BCUT2D eigenvalue weighted by atomic mass is 35.5. The monoisotopic (exact) mass is 494 g/mol. The van der Waals surface area contributed by atoms with Crippen LogP contribution in [0.25, 0.3) is 0 Å². The van der Waals surface area contributed by atoms with E-state index in [0.29, 0.717) is 0 Å². The first-order chi connectivity index (χ1) is 16.0. The van der Waals surface area contributed by atoms with Gasteiger partial charge in [-0.05, 0) is 42.5 Å². The van der Waals surface area contributed by atoms with Crippen LogP contribution in [0.2, 0.25) is 5.02 Å². The molecule has 1 aromatic heterocycles. The molecule has 34 heavy (non-hydrogen) atoms. The summed E-state index contributed by atoms with van der Waals surface area (Å²) in [5.41, 5.74) is -1.62. The van der Waals surface area contributed by atoms with Gasteiger partial charge in [0.25, 0.3) is 11.6 Å². The van der Waals surface area contributed by atoms with Gasteiger partial charge in [-0.15, -0.1) is 0 Å². The number of nitro benzene ring substituents is 1. The maximum Gasteiger partial charge on any atom is 0.416 e. The van der Waals surface area contributed by atoms with E-state index in [0.717, 1.165) is 18.2 Å². The molecule has 3 aromatic rings. The number of nitrogens with one attached hydrogen (secondary N) is 2. The first kappa shape index (κ1) is 24.5. The number of hydrogen-bond donors (Lipinski definition) is 2. The van der Waals surface area contributed by atoms with Crippen molar-refractivity contribution in [3.63, 3.8) is 0 Å². The van der Waals surface area contributed by atoms with E-state index < -0.39 is 40.8 Å². The highest BCUT2D eigenvalue weighted by Crippen LogP contribution is 2.32. The molecule has 0 fully saturated rings. The molecule has 2 N–H and O–H groups in total. The summed E-state index contributed by atoms with van der Waals surface area (Å²) in [5, 5.41) is 16.1. The number of carbonyl (C=O) groups excluding carboxylic acids is 2. The van der Waals surface area contributed by atoms with Crippen molar-refractivity contribution in [2.24, 2.45) is 0 Å². The van der Waals surface area contributed by atoms with Crippen LogP contribution in [-0.4, -0.2) is 28.4 Å². The fourth-order valence-electron chi connectivity index (χ4n) is 2.74. The molecule has 0 radical (unpaired) electrons. The van der Waals surface area contributed by atoms with Gasteiger partial charge in [-0.25, -0.2) is 9.78 Å². The summed E-state index contributed by atoms with van der Waals surface area (Å²) in [5.74, 6) is -1.96. The van der Waals surface area contributed by atoms with Crippen LogP contribution in [0.1, 0.15) is 15.9 Å². The maximum atomic E-state index is 12.9. The Kier molecular flexibility index (Phi) is 7.31. The fourth-order valence-corrected chi connectivity index (χ4v) is 2.90. The minimum atomic E-state index is -4.56. The maximum absolute atomic E-state index is 12.9. The lowest BCUT2D eigenvalue weighted by Gasteiger charge is -2.13. The zero-order valence-electron chi connectivity index (χ0n) is 16.9. The first-order valence-electron chi connectivity index (χ1n) is 9.35. The molecular formula is C21H14ClF3N4O5. The van der Waals surface area contributed by atoms with Crippen LogP contribution in [0.3, 0.4) is 0 Å². The van der Waals surface area contributed by atoms with Crippen LogP contribution in [0, 0.1) is 10.1 Å². The quantitative estimate of drug-likeness (QED) is 0.263. The summed E-state index contributed by atoms with van der Waals surface area (Å²) in [6.07, 6.45) is -3.25. The number of pyridine rings is 1. The predicted octanol–water partition coefficient (Wildman–Crippen LogP) is 5.20. The molecule has 0 atom stereocenters. The van der Waals surface area contributed by atoms with E-state index in [9.17, 15) is 32.9 Å². The summed E-state index contributed by atoms with van der Waals surface area (Å²) in [6.45, 7) is -0.795. The van der Waals surface area contributed by atoms with Gasteiger partial charge < -0.3 is 15.4 Å². The fraction of sp³-hybridized carbons (Fsp3) is 0.0952. The first-order valence-corrected chi connectivity index (χ1v) is 9.72. The number of nitro groups is 1. The van der Waals surface area contributed by atoms with Crippen molar-refractivity contribution >= 4 is 46.4 Å². The largest absolute Gasteiger partial charge is 0.452 e. The number of benzene rings is 2. The molecule has 1 amide bonds. The minimum Gasteiger partial charge on any atom is -0.452 e. The van der Waals surface area contributed by atoms with E-state index >= 15 is 0 Å². The highest BCUT2D eigenvalue weighted by Gasteiger charge is 2.30. The third-order valence-corrected chi connectivity index (χ3v) is 4.48. The van der Waals surface area contributed by atoms with Crippen molar-refractivity contribution in [2.45, 2.75) is 6.18 Å². The van der Waals surface area contributed by atoms with Gasteiger partial charge in [-0.2, -0.15) is 13.2 Å². The SMILES string of the molecule is O=C(COC(=O)c1cccnc1Nc1cccc(C(F)(F)F)c1)Nc1ccc(Cl)cc1[N+](=O)[O-]. The Morgan fingerprint density at radius 1 is 1.12 bits per heavy atom. The van der Waals surface area contributed by atoms with Crippen LogP contribution in [0.15, 0.2) is 60.8 Å². The van der Waals surface area contributed by atoms with Gasteiger partial charge in [0, 0.05) is 23.0 Å². The molecule has 9 nitrogen and oxygen atoms in total. The molecule has 1 heterocycles. The lowest BCUT2D eigenvalue weighted by molar-refractivity contribution is -0.383. The van der Waals surface area contributed by atoms with Gasteiger partial charge in [0.15, 0.2) is 6.61 Å². The Bertz CT molecular complexity index is 1250. The normalized spacial score (nSPS) is 10.9. The van der Waals surface area contributed by atoms with Crippen LogP contribution < -0.4 is 10.6 Å². The lowest BCUT2D eigenvalue weighted by Crippen LogP contribution is -2.22. The van der Waals surface area contributed by atoms with E-state index in [1.807, 2.05) is 0 Å². The van der Waals surface area contributed by atoms with Crippen molar-refractivity contribution in [1.82, 2.24) is 4.98 Å². The number of hydrogen-bond acceptors (Lipinski definition) is 7. The van der Waals surface area contributed by atoms with Crippen LogP contribution in [-0.2, 0) is 15.7 Å². The zero-order valence-corrected chi connectivity index (χ0v) is 17.7. The Morgan fingerprint density at radius 2 is 1.88 bits per heavy atom. The van der Waals surface area contributed by atoms with E-state index in [1.54, 1.807) is 0 Å². The van der Waals surface area contributed by atoms with Crippen LogP contribution in [0.4, 0.5) is 36.1 Å². The molecule has 0 saturated carbocycles. The Balaban J connectivity index is 1.69. The van der Waals surface area contributed by atoms with Crippen LogP contribution in [0.5, 0.6) is 0 Å². The van der Waals surface area contributed by atoms with E-state index in [1.165, 1.54) is 42.6 Å². The Morgan fingerprint density at radius 3 is 2.59 bits per heavy atom. The summed E-state index contributed by atoms with van der Waals surface area (Å²) < 4.78 is 43.7. The molecule has 0 aliphatic rings. The second-order valence-corrected chi connectivity index (χ2v) is 7.08. The zero-order chi connectivity index (χ0) is 24.9. The van der Waals surface area contributed by atoms with Crippen LogP contribution >= 0.6 is 11.6 Å². The molecule has 0 unspecified atom stereocenters. The van der Waals surface area contributed by atoms with Crippen molar-refractivity contribution in [3.05, 3.63) is 87.1 Å². The van der Waals surface area contributed by atoms with E-state index in [2.05, 4.69) is 15.6 Å². The second-order valence-electron chi connectivity index (χ2n) is 6.65. The highest BCUT2D eigenvalue weighted by molar-refractivity contribution is 6.31. The third-order valence-electron chi connectivity index (χ3n) is 4.25. The molecule has 13 heteroatoms. The van der Waals surface area contributed by atoms with E-state index in [-0.39, 0.29) is 27.8 Å². The summed E-state index contributed by atoms with van der Waals surface area (Å²) in [6, 6.07) is 10.6.